The Bertz CT molecular complexity index is 1600. The van der Waals surface area contributed by atoms with Crippen LogP contribution in [0.5, 0.6) is 0 Å². The first-order valence-corrected chi connectivity index (χ1v) is 16.3. The van der Waals surface area contributed by atoms with Crippen LogP contribution in [0.25, 0.3) is 5.57 Å². The topological polar surface area (TPSA) is 36.4 Å². The highest BCUT2D eigenvalue weighted by Gasteiger charge is 2.35. The van der Waals surface area contributed by atoms with Crippen molar-refractivity contribution in [3.63, 3.8) is 0 Å². The molecule has 1 saturated carbocycles. The van der Waals surface area contributed by atoms with Crippen LogP contribution >= 0.6 is 0 Å². The first-order chi connectivity index (χ1) is 20.8. The van der Waals surface area contributed by atoms with E-state index in [4.69, 9.17) is 4.99 Å². The van der Waals surface area contributed by atoms with Crippen LogP contribution < -0.4 is 0 Å². The van der Waals surface area contributed by atoms with Gasteiger partial charge in [0.05, 0.1) is 37.8 Å². The molecule has 0 N–H and O–H groups in total. The number of fused-ring (bicyclic) bond motifs is 1. The zero-order chi connectivity index (χ0) is 30.1. The van der Waals surface area contributed by atoms with Gasteiger partial charge in [0.1, 0.15) is 5.69 Å². The number of aliphatic imine (C=N–C) groups is 1. The van der Waals surface area contributed by atoms with E-state index < -0.39 is 0 Å². The lowest BCUT2D eigenvalue weighted by Gasteiger charge is -2.31. The van der Waals surface area contributed by atoms with Crippen molar-refractivity contribution in [1.82, 2.24) is 14.7 Å². The largest absolute Gasteiger partial charge is 0.280 e. The van der Waals surface area contributed by atoms with Crippen molar-refractivity contribution < 1.29 is 4.58 Å². The molecule has 1 aromatic heterocycles. The van der Waals surface area contributed by atoms with Gasteiger partial charge in [-0.15, -0.1) is 0 Å². The molecule has 0 spiro atoms. The van der Waals surface area contributed by atoms with Gasteiger partial charge >= 0.3 is 0 Å². The molecule has 5 heteroatoms. The summed E-state index contributed by atoms with van der Waals surface area (Å²) in [7, 11) is 2.00. The quantitative estimate of drug-likeness (QED) is 0.191. The van der Waals surface area contributed by atoms with Gasteiger partial charge in [-0.1, -0.05) is 50.2 Å². The predicted molar refractivity (Wildman–Crippen MR) is 179 cm³/mol. The fourth-order valence-corrected chi connectivity index (χ4v) is 7.28. The van der Waals surface area contributed by atoms with Crippen molar-refractivity contribution in [2.75, 3.05) is 19.6 Å². The van der Waals surface area contributed by atoms with Crippen molar-refractivity contribution >= 4 is 23.7 Å². The van der Waals surface area contributed by atoms with Crippen LogP contribution in [0, 0.1) is 18.8 Å². The van der Waals surface area contributed by atoms with E-state index in [1.807, 2.05) is 17.9 Å². The standard InChI is InChI=1S/C38H48N5/c1-7-29-12-15-35(27(3)24-29)41(5)38(31-13-14-31)43-20-17-30(18-21-43)22-26(2)23-34-28(4)25-39-37(36-16-19-40-42(36)6)33-11-9-8-10-32(33)34/h8-12,15-16,19,24,26,30H,5,7,13-14,17-18,20-23,25H2,1-4,6H3/q+1. The number of nitrogens with zero attached hydrogens (tertiary/aromatic N) is 5. The number of likely N-dealkylation sites (tertiary alicyclic amines) is 1. The SMILES string of the molecule is C=[N+](C(=C1CC1)N1CCC(CC(C)CC2=C(C)CN=C(c3ccnn3C)c3ccccc32)CC1)c1ccc(CC)cc1C. The Morgan fingerprint density at radius 3 is 2.44 bits per heavy atom. The number of aryl methyl sites for hydroxylation is 3. The van der Waals surface area contributed by atoms with Crippen LogP contribution in [0.2, 0.25) is 0 Å². The Balaban J connectivity index is 1.11. The van der Waals surface area contributed by atoms with Gasteiger partial charge in [0.25, 0.3) is 5.82 Å². The van der Waals surface area contributed by atoms with E-state index in [1.165, 1.54) is 77.0 Å². The van der Waals surface area contributed by atoms with Crippen molar-refractivity contribution in [3.05, 3.63) is 99.6 Å². The van der Waals surface area contributed by atoms with Crippen molar-refractivity contribution in [1.29, 1.82) is 0 Å². The van der Waals surface area contributed by atoms with Gasteiger partial charge in [-0.3, -0.25) is 14.6 Å². The Labute approximate surface area is 258 Å². The molecule has 3 aromatic rings. The second-order valence-electron chi connectivity index (χ2n) is 13.1. The molecule has 1 aliphatic carbocycles. The number of aromatic nitrogens is 2. The van der Waals surface area contributed by atoms with Gasteiger partial charge in [-0.2, -0.15) is 5.10 Å². The molecular weight excluding hydrogens is 526 g/mol. The highest BCUT2D eigenvalue weighted by Crippen LogP contribution is 2.40. The Hall–Kier alpha value is -3.73. The molecule has 2 aliphatic heterocycles. The van der Waals surface area contributed by atoms with E-state index >= 15 is 0 Å². The van der Waals surface area contributed by atoms with Gasteiger partial charge < -0.3 is 0 Å². The summed E-state index contributed by atoms with van der Waals surface area (Å²) in [6.45, 7) is 16.8. The molecule has 0 bridgehead atoms. The maximum absolute atomic E-state index is 5.10. The van der Waals surface area contributed by atoms with E-state index in [0.29, 0.717) is 5.92 Å². The molecule has 1 unspecified atom stereocenters. The fraction of sp³-hybridized carbons (Fsp3) is 0.447. The molecule has 43 heavy (non-hydrogen) atoms. The average Bonchev–Trinajstić information content (AvgIpc) is 3.77. The molecule has 6 rings (SSSR count). The van der Waals surface area contributed by atoms with Crippen LogP contribution in [0.3, 0.4) is 0 Å². The van der Waals surface area contributed by atoms with E-state index in [-0.39, 0.29) is 0 Å². The van der Waals surface area contributed by atoms with Crippen molar-refractivity contribution in [2.24, 2.45) is 23.9 Å². The van der Waals surface area contributed by atoms with Crippen LogP contribution in [0.4, 0.5) is 5.69 Å². The maximum atomic E-state index is 5.10. The molecule has 3 aliphatic rings. The number of hydrogen-bond acceptors (Lipinski definition) is 3. The van der Waals surface area contributed by atoms with Gasteiger partial charge in [0.15, 0.2) is 0 Å². The molecule has 224 valence electrons. The van der Waals surface area contributed by atoms with Gasteiger partial charge in [-0.05, 0) is 111 Å². The van der Waals surface area contributed by atoms with Crippen LogP contribution in [0.1, 0.15) is 87.2 Å². The van der Waals surface area contributed by atoms with Crippen molar-refractivity contribution in [2.45, 2.75) is 72.6 Å². The first-order valence-electron chi connectivity index (χ1n) is 16.3. The molecule has 2 fully saturated rings. The summed E-state index contributed by atoms with van der Waals surface area (Å²) in [5.41, 5.74) is 13.1. The molecule has 5 nitrogen and oxygen atoms in total. The lowest BCUT2D eigenvalue weighted by molar-refractivity contribution is -0.400. The molecule has 1 atom stereocenters. The number of benzene rings is 2. The monoisotopic (exact) mass is 574 g/mol. The highest BCUT2D eigenvalue weighted by atomic mass is 15.3. The zero-order valence-corrected chi connectivity index (χ0v) is 26.9. The summed E-state index contributed by atoms with van der Waals surface area (Å²) < 4.78 is 4.17. The minimum atomic E-state index is 0.623. The van der Waals surface area contributed by atoms with E-state index in [1.54, 1.807) is 5.57 Å². The molecule has 0 radical (unpaired) electrons. The van der Waals surface area contributed by atoms with Gasteiger partial charge in [-0.25, -0.2) is 4.58 Å². The van der Waals surface area contributed by atoms with E-state index in [0.717, 1.165) is 49.8 Å². The minimum absolute atomic E-state index is 0.623. The highest BCUT2D eigenvalue weighted by molar-refractivity contribution is 6.15. The second kappa shape index (κ2) is 12.5. The van der Waals surface area contributed by atoms with Crippen LogP contribution in [0.15, 0.2) is 76.7 Å². The molecule has 0 amide bonds. The van der Waals surface area contributed by atoms with Gasteiger partial charge in [0.2, 0.25) is 0 Å². The fourth-order valence-electron chi connectivity index (χ4n) is 7.28. The summed E-state index contributed by atoms with van der Waals surface area (Å²) in [6, 6.07) is 17.8. The molecule has 2 aromatic carbocycles. The van der Waals surface area contributed by atoms with Gasteiger partial charge in [0, 0.05) is 24.4 Å². The lowest BCUT2D eigenvalue weighted by Crippen LogP contribution is -2.36. The zero-order valence-electron chi connectivity index (χ0n) is 26.9. The molecular formula is C38H48N5+. The smallest absolute Gasteiger partial charge is 0.278 e. The third-order valence-corrected chi connectivity index (χ3v) is 9.79. The Kier molecular flexibility index (Phi) is 8.52. The molecule has 3 heterocycles. The van der Waals surface area contributed by atoms with E-state index in [9.17, 15) is 0 Å². The van der Waals surface area contributed by atoms with E-state index in [2.05, 4.69) is 97.5 Å². The normalized spacial score (nSPS) is 17.8. The predicted octanol–water partition coefficient (Wildman–Crippen LogP) is 8.09. The second-order valence-corrected chi connectivity index (χ2v) is 13.1. The first kappa shape index (κ1) is 29.3. The maximum Gasteiger partial charge on any atom is 0.280 e. The average molecular weight is 575 g/mol. The Morgan fingerprint density at radius 2 is 1.79 bits per heavy atom. The Morgan fingerprint density at radius 1 is 1.05 bits per heavy atom. The summed E-state index contributed by atoms with van der Waals surface area (Å²) >= 11 is 0. The number of hydrogen-bond donors (Lipinski definition) is 0. The third kappa shape index (κ3) is 6.18. The summed E-state index contributed by atoms with van der Waals surface area (Å²) in [5.74, 6) is 2.76. The number of allylic oxidation sites excluding steroid dienone is 2. The number of rotatable bonds is 9. The third-order valence-electron chi connectivity index (χ3n) is 9.79. The number of piperidine rings is 1. The summed E-state index contributed by atoms with van der Waals surface area (Å²) in [5, 5.41) is 4.42. The minimum Gasteiger partial charge on any atom is -0.278 e. The lowest BCUT2D eigenvalue weighted by atomic mass is 9.82. The van der Waals surface area contributed by atoms with Crippen molar-refractivity contribution in [3.8, 4) is 0 Å². The van der Waals surface area contributed by atoms with Crippen LogP contribution in [-0.2, 0) is 13.5 Å². The summed E-state index contributed by atoms with van der Waals surface area (Å²) in [6.07, 6.45) is 10.3. The summed E-state index contributed by atoms with van der Waals surface area (Å²) in [4.78, 5) is 7.73. The van der Waals surface area contributed by atoms with Crippen LogP contribution in [-0.4, -0.2) is 51.3 Å². The molecule has 1 saturated heterocycles.